The van der Waals surface area contributed by atoms with Crippen molar-refractivity contribution in [1.29, 1.82) is 0 Å². The number of hydrogen-bond donors (Lipinski definition) is 1. The third-order valence-electron chi connectivity index (χ3n) is 3.22. The number of likely N-dealkylation sites (N-methyl/N-ethyl adjacent to an activating group) is 1. The molecule has 2 heterocycles. The molecule has 0 spiro atoms. The number of nitrogens with zero attached hydrogens (tertiary/aromatic N) is 2. The second-order valence-electron chi connectivity index (χ2n) is 4.70. The lowest BCUT2D eigenvalue weighted by atomic mass is 10.1. The molecule has 1 aromatic heterocycles. The van der Waals surface area contributed by atoms with E-state index in [9.17, 15) is 4.79 Å². The van der Waals surface area contributed by atoms with Gasteiger partial charge in [0.05, 0.1) is 17.1 Å². The Hall–Kier alpha value is -0.940. The molecule has 0 bridgehead atoms. The number of thiazole rings is 1. The predicted molar refractivity (Wildman–Crippen MR) is 67.7 cm³/mol. The molecular formula is C12H18N2O2S. The van der Waals surface area contributed by atoms with Crippen molar-refractivity contribution in [2.45, 2.75) is 32.1 Å². The molecule has 0 aliphatic carbocycles. The minimum absolute atomic E-state index is 0.201. The van der Waals surface area contributed by atoms with Gasteiger partial charge in [-0.25, -0.2) is 4.98 Å². The largest absolute Gasteiger partial charge is 0.481 e. The average molecular weight is 254 g/mol. The van der Waals surface area contributed by atoms with Crippen LogP contribution in [0.5, 0.6) is 0 Å². The van der Waals surface area contributed by atoms with Gasteiger partial charge in [-0.2, -0.15) is 0 Å². The normalized spacial score (nSPS) is 20.9. The number of aryl methyl sites for hydroxylation is 2. The monoisotopic (exact) mass is 254 g/mol. The van der Waals surface area contributed by atoms with Crippen molar-refractivity contribution in [3.8, 4) is 0 Å². The molecular weight excluding hydrogens is 236 g/mol. The first-order chi connectivity index (χ1) is 8.06. The second-order valence-corrected chi connectivity index (χ2v) is 5.82. The van der Waals surface area contributed by atoms with Crippen LogP contribution in [0.3, 0.4) is 0 Å². The topological polar surface area (TPSA) is 53.4 Å². The maximum atomic E-state index is 10.6. The van der Waals surface area contributed by atoms with Crippen LogP contribution >= 0.6 is 11.3 Å². The van der Waals surface area contributed by atoms with Crippen LogP contribution in [-0.4, -0.2) is 41.1 Å². The van der Waals surface area contributed by atoms with E-state index in [-0.39, 0.29) is 6.42 Å². The third kappa shape index (κ3) is 3.04. The summed E-state index contributed by atoms with van der Waals surface area (Å²) < 4.78 is 0. The van der Waals surface area contributed by atoms with Gasteiger partial charge in [0.25, 0.3) is 0 Å². The molecule has 1 atom stereocenters. The average Bonchev–Trinajstić information content (AvgIpc) is 2.82. The first kappa shape index (κ1) is 12.5. The van der Waals surface area contributed by atoms with E-state index in [0.29, 0.717) is 12.3 Å². The summed E-state index contributed by atoms with van der Waals surface area (Å²) in [5, 5.41) is 9.88. The zero-order chi connectivity index (χ0) is 12.4. The fourth-order valence-corrected chi connectivity index (χ4v) is 3.41. The molecule has 4 nitrogen and oxygen atoms in total. The number of rotatable bonds is 4. The Kier molecular flexibility index (Phi) is 3.79. The molecule has 1 unspecified atom stereocenters. The van der Waals surface area contributed by atoms with E-state index in [1.54, 1.807) is 11.3 Å². The summed E-state index contributed by atoms with van der Waals surface area (Å²) in [7, 11) is 2.13. The first-order valence-electron chi connectivity index (χ1n) is 5.93. The maximum absolute atomic E-state index is 10.6. The van der Waals surface area contributed by atoms with Crippen molar-refractivity contribution in [3.63, 3.8) is 0 Å². The van der Waals surface area contributed by atoms with Crippen LogP contribution in [0.15, 0.2) is 0 Å². The van der Waals surface area contributed by atoms with Crippen molar-refractivity contribution in [1.82, 2.24) is 9.88 Å². The van der Waals surface area contributed by atoms with Crippen LogP contribution in [0.2, 0.25) is 0 Å². The van der Waals surface area contributed by atoms with Crippen LogP contribution in [0.4, 0.5) is 0 Å². The second kappa shape index (κ2) is 5.14. The standard InChI is InChI=1S/C12H18N2O2S/c1-8-10(3-4-11(15)16)17-12(13-8)9-5-6-14(2)7-9/h9H,3-7H2,1-2H3,(H,15,16). The summed E-state index contributed by atoms with van der Waals surface area (Å²) in [6.07, 6.45) is 1.98. The number of likely N-dealkylation sites (tertiary alicyclic amines) is 1. The van der Waals surface area contributed by atoms with E-state index in [1.165, 1.54) is 11.4 Å². The van der Waals surface area contributed by atoms with E-state index in [2.05, 4.69) is 16.9 Å². The smallest absolute Gasteiger partial charge is 0.303 e. The Balaban J connectivity index is 2.05. The minimum atomic E-state index is -0.736. The van der Waals surface area contributed by atoms with Crippen molar-refractivity contribution >= 4 is 17.3 Å². The van der Waals surface area contributed by atoms with Crippen molar-refractivity contribution < 1.29 is 9.90 Å². The Labute approximate surface area is 105 Å². The molecule has 0 aromatic carbocycles. The van der Waals surface area contributed by atoms with Gasteiger partial charge in [-0.3, -0.25) is 4.79 Å². The Morgan fingerprint density at radius 1 is 1.65 bits per heavy atom. The van der Waals surface area contributed by atoms with Crippen LogP contribution in [0.1, 0.15) is 34.3 Å². The number of aliphatic carboxylic acids is 1. The van der Waals surface area contributed by atoms with Gasteiger partial charge in [-0.15, -0.1) is 11.3 Å². The minimum Gasteiger partial charge on any atom is -0.481 e. The van der Waals surface area contributed by atoms with Gasteiger partial charge in [0.2, 0.25) is 0 Å². The number of carbonyl (C=O) groups is 1. The molecule has 0 radical (unpaired) electrons. The van der Waals surface area contributed by atoms with Gasteiger partial charge in [0.15, 0.2) is 0 Å². The zero-order valence-electron chi connectivity index (χ0n) is 10.3. The quantitative estimate of drug-likeness (QED) is 0.891. The third-order valence-corrected chi connectivity index (χ3v) is 4.60. The number of aromatic nitrogens is 1. The fraction of sp³-hybridized carbons (Fsp3) is 0.667. The highest BCUT2D eigenvalue weighted by Gasteiger charge is 2.24. The van der Waals surface area contributed by atoms with Gasteiger partial charge in [0, 0.05) is 17.3 Å². The molecule has 1 saturated heterocycles. The molecule has 2 rings (SSSR count). The van der Waals surface area contributed by atoms with E-state index in [4.69, 9.17) is 5.11 Å². The van der Waals surface area contributed by atoms with Gasteiger partial charge < -0.3 is 10.0 Å². The van der Waals surface area contributed by atoms with E-state index in [0.717, 1.165) is 23.7 Å². The molecule has 1 aromatic rings. The number of carboxylic acid groups (broad SMARTS) is 1. The number of hydrogen-bond acceptors (Lipinski definition) is 4. The lowest BCUT2D eigenvalue weighted by Crippen LogP contribution is -2.13. The van der Waals surface area contributed by atoms with Crippen LogP contribution in [0.25, 0.3) is 0 Å². The van der Waals surface area contributed by atoms with Crippen molar-refractivity contribution in [2.75, 3.05) is 20.1 Å². The van der Waals surface area contributed by atoms with Gasteiger partial charge in [-0.05, 0) is 33.4 Å². The summed E-state index contributed by atoms with van der Waals surface area (Å²) in [5.41, 5.74) is 1.01. The molecule has 0 amide bonds. The van der Waals surface area contributed by atoms with Crippen LogP contribution < -0.4 is 0 Å². The highest BCUT2D eigenvalue weighted by atomic mass is 32.1. The SMILES string of the molecule is Cc1nc(C2CCN(C)C2)sc1CCC(=O)O. The van der Waals surface area contributed by atoms with Crippen LogP contribution in [-0.2, 0) is 11.2 Å². The lowest BCUT2D eigenvalue weighted by Gasteiger charge is -2.06. The van der Waals surface area contributed by atoms with Gasteiger partial charge in [-0.1, -0.05) is 0 Å². The van der Waals surface area contributed by atoms with Gasteiger partial charge in [0.1, 0.15) is 0 Å². The molecule has 1 aliphatic rings. The summed E-state index contributed by atoms with van der Waals surface area (Å²) in [4.78, 5) is 18.6. The maximum Gasteiger partial charge on any atom is 0.303 e. The molecule has 1 fully saturated rings. The molecule has 17 heavy (non-hydrogen) atoms. The lowest BCUT2D eigenvalue weighted by molar-refractivity contribution is -0.136. The Morgan fingerprint density at radius 3 is 3.00 bits per heavy atom. The first-order valence-corrected chi connectivity index (χ1v) is 6.74. The van der Waals surface area contributed by atoms with E-state index >= 15 is 0 Å². The van der Waals surface area contributed by atoms with E-state index < -0.39 is 5.97 Å². The molecule has 1 aliphatic heterocycles. The summed E-state index contributed by atoms with van der Waals surface area (Å²) in [5.74, 6) is -0.192. The molecule has 5 heteroatoms. The van der Waals surface area contributed by atoms with E-state index in [1.807, 2.05) is 6.92 Å². The highest BCUT2D eigenvalue weighted by Crippen LogP contribution is 2.31. The highest BCUT2D eigenvalue weighted by molar-refractivity contribution is 7.11. The molecule has 94 valence electrons. The van der Waals surface area contributed by atoms with Crippen molar-refractivity contribution in [2.24, 2.45) is 0 Å². The Bertz CT molecular complexity index is 417. The summed E-state index contributed by atoms with van der Waals surface area (Å²) in [6, 6.07) is 0. The Morgan fingerprint density at radius 2 is 2.41 bits per heavy atom. The van der Waals surface area contributed by atoms with Crippen LogP contribution in [0, 0.1) is 6.92 Å². The van der Waals surface area contributed by atoms with Gasteiger partial charge >= 0.3 is 5.97 Å². The molecule has 0 saturated carbocycles. The fourth-order valence-electron chi connectivity index (χ4n) is 2.21. The number of carboxylic acids is 1. The zero-order valence-corrected chi connectivity index (χ0v) is 11.1. The van der Waals surface area contributed by atoms with Crippen molar-refractivity contribution in [3.05, 3.63) is 15.6 Å². The predicted octanol–water partition coefficient (Wildman–Crippen LogP) is 1.89. The summed E-state index contributed by atoms with van der Waals surface area (Å²) in [6.45, 7) is 4.19. The molecule has 1 N–H and O–H groups in total. The summed E-state index contributed by atoms with van der Waals surface area (Å²) >= 11 is 1.70.